The van der Waals surface area contributed by atoms with Crippen LogP contribution in [0.4, 0.5) is 0 Å². The van der Waals surface area contributed by atoms with Crippen molar-refractivity contribution in [2.45, 2.75) is 6.42 Å². The standard InChI is InChI=1S/C33H21.2ClH.Zr/c1-3-11-28-22(7-1)9-5-13-30(28)24-15-17-32-26(19-24)21-27-20-25(16-18-33(27)32)31-14-6-10-23-8-2-4-12-29(23)31;;;/h1-19H,21H2;2*1H;/q;;;+2/p-2. The van der Waals surface area contributed by atoms with E-state index in [2.05, 4.69) is 115 Å². The van der Waals surface area contributed by atoms with Crippen molar-refractivity contribution in [1.29, 1.82) is 0 Å². The molecule has 0 bridgehead atoms. The number of benzene rings is 6. The summed E-state index contributed by atoms with van der Waals surface area (Å²) >= 11 is 1.48. The Balaban J connectivity index is 0.00000133. The molecule has 0 heterocycles. The first-order chi connectivity index (χ1) is 16.8. The van der Waals surface area contributed by atoms with Crippen molar-refractivity contribution in [2.24, 2.45) is 0 Å². The second-order valence-electron chi connectivity index (χ2n) is 9.12. The zero-order chi connectivity index (χ0) is 22.6. The molecule has 36 heavy (non-hydrogen) atoms. The summed E-state index contributed by atoms with van der Waals surface area (Å²) in [6.07, 6.45) is 1.02. The van der Waals surface area contributed by atoms with Crippen LogP contribution in [0.5, 0.6) is 0 Å². The van der Waals surface area contributed by atoms with Gasteiger partial charge in [0, 0.05) is 0 Å². The predicted molar refractivity (Wildman–Crippen MR) is 140 cm³/mol. The molecule has 0 saturated carbocycles. The van der Waals surface area contributed by atoms with E-state index in [1.807, 2.05) is 0 Å². The molecule has 6 aromatic rings. The van der Waals surface area contributed by atoms with Crippen molar-refractivity contribution in [3.8, 4) is 33.4 Å². The van der Waals surface area contributed by atoms with Gasteiger partial charge in [-0.1, -0.05) is 0 Å². The van der Waals surface area contributed by atoms with E-state index in [-0.39, 0.29) is 24.8 Å². The summed E-state index contributed by atoms with van der Waals surface area (Å²) in [5.41, 5.74) is 11.1. The van der Waals surface area contributed by atoms with Gasteiger partial charge < -0.3 is 24.8 Å². The average molecular weight is 580 g/mol. The number of hydrogen-bond donors (Lipinski definition) is 0. The molecule has 0 unspecified atom stereocenters. The Labute approximate surface area is 239 Å². The average Bonchev–Trinajstić information content (AvgIpc) is 3.27. The monoisotopic (exact) mass is 577 g/mol. The Hall–Kier alpha value is -2.70. The molecule has 0 radical (unpaired) electrons. The number of fused-ring (bicyclic) bond motifs is 5. The fourth-order valence-corrected chi connectivity index (χ4v) is 6.69. The maximum absolute atomic E-state index is 2.42. The molecule has 171 valence electrons. The van der Waals surface area contributed by atoms with Crippen LogP contribution in [0.2, 0.25) is 0 Å². The van der Waals surface area contributed by atoms with Crippen LogP contribution in [-0.2, 0) is 31.1 Å². The Morgan fingerprint density at radius 3 is 1.75 bits per heavy atom. The van der Waals surface area contributed by atoms with E-state index >= 15 is 0 Å². The van der Waals surface area contributed by atoms with Crippen LogP contribution in [0, 0.1) is 0 Å². The third kappa shape index (κ3) is 3.95. The molecular weight excluding hydrogens is 558 g/mol. The Kier molecular flexibility index (Phi) is 6.93. The van der Waals surface area contributed by atoms with Gasteiger partial charge in [0.15, 0.2) is 0 Å². The Bertz CT molecular complexity index is 1740. The molecule has 3 heteroatoms. The third-order valence-electron chi connectivity index (χ3n) is 7.26. The Morgan fingerprint density at radius 2 is 1.03 bits per heavy atom. The van der Waals surface area contributed by atoms with Crippen molar-refractivity contribution >= 4 is 24.8 Å². The topological polar surface area (TPSA) is 0 Å². The van der Waals surface area contributed by atoms with Crippen LogP contribution in [0.3, 0.4) is 0 Å². The summed E-state index contributed by atoms with van der Waals surface area (Å²) in [6.45, 7) is 0. The van der Waals surface area contributed by atoms with Gasteiger partial charge in [-0.2, -0.15) is 0 Å². The molecule has 0 fully saturated rings. The Morgan fingerprint density at radius 1 is 0.472 bits per heavy atom. The van der Waals surface area contributed by atoms with Crippen molar-refractivity contribution in [3.05, 3.63) is 126 Å². The minimum atomic E-state index is 0. The van der Waals surface area contributed by atoms with Crippen LogP contribution in [0.25, 0.3) is 54.9 Å². The van der Waals surface area contributed by atoms with E-state index in [4.69, 9.17) is 0 Å². The molecule has 0 aromatic heterocycles. The predicted octanol–water partition coefficient (Wildman–Crippen LogP) is 2.08. The normalized spacial score (nSPS) is 11.5. The zero-order valence-corrected chi connectivity index (χ0v) is 23.4. The van der Waals surface area contributed by atoms with Gasteiger partial charge in [-0.15, -0.1) is 0 Å². The molecule has 6 aromatic carbocycles. The first-order valence-electron chi connectivity index (χ1n) is 11.7. The number of halogens is 2. The van der Waals surface area contributed by atoms with E-state index in [9.17, 15) is 0 Å². The summed E-state index contributed by atoms with van der Waals surface area (Å²) < 4.78 is 1.49. The minimum absolute atomic E-state index is 0. The van der Waals surface area contributed by atoms with Crippen molar-refractivity contribution in [2.75, 3.05) is 0 Å². The fraction of sp³-hybridized carbons (Fsp3) is 0.0303. The summed E-state index contributed by atoms with van der Waals surface area (Å²) in [5, 5.41) is 5.25. The summed E-state index contributed by atoms with van der Waals surface area (Å²) in [5.74, 6) is 0. The van der Waals surface area contributed by atoms with Crippen LogP contribution >= 0.6 is 0 Å². The van der Waals surface area contributed by atoms with Gasteiger partial charge in [0.2, 0.25) is 0 Å². The summed E-state index contributed by atoms with van der Waals surface area (Å²) in [4.78, 5) is 0. The van der Waals surface area contributed by atoms with Crippen molar-refractivity contribution < 1.29 is 49.5 Å². The van der Waals surface area contributed by atoms with Gasteiger partial charge in [0.05, 0.1) is 0 Å². The van der Waals surface area contributed by atoms with E-state index in [0.717, 1.165) is 6.42 Å². The van der Waals surface area contributed by atoms with Crippen molar-refractivity contribution in [1.82, 2.24) is 0 Å². The van der Waals surface area contributed by atoms with Gasteiger partial charge in [-0.3, -0.25) is 0 Å². The molecule has 0 amide bonds. The number of hydrogen-bond acceptors (Lipinski definition) is 0. The van der Waals surface area contributed by atoms with E-state index in [0.29, 0.717) is 0 Å². The molecular formula is C33H21Cl2Zr. The quantitative estimate of drug-likeness (QED) is 0.295. The van der Waals surface area contributed by atoms with Crippen LogP contribution in [0.1, 0.15) is 11.1 Å². The summed E-state index contributed by atoms with van der Waals surface area (Å²) in [7, 11) is 0. The van der Waals surface area contributed by atoms with Crippen LogP contribution < -0.4 is 28.1 Å². The third-order valence-corrected chi connectivity index (χ3v) is 8.66. The molecule has 1 aliphatic rings. The molecule has 0 N–H and O–H groups in total. The maximum atomic E-state index is 2.42. The zero-order valence-electron chi connectivity index (χ0n) is 19.4. The van der Waals surface area contributed by atoms with Crippen LogP contribution in [0.15, 0.2) is 115 Å². The van der Waals surface area contributed by atoms with Gasteiger partial charge in [-0.25, -0.2) is 0 Å². The number of rotatable bonds is 2. The molecule has 7 rings (SSSR count). The second-order valence-corrected chi connectivity index (χ2v) is 10.3. The molecule has 1 aliphatic carbocycles. The first-order valence-corrected chi connectivity index (χ1v) is 13.0. The fourth-order valence-electron chi connectivity index (χ4n) is 5.61. The van der Waals surface area contributed by atoms with Crippen molar-refractivity contribution in [3.63, 3.8) is 0 Å². The van der Waals surface area contributed by atoms with E-state index in [1.54, 1.807) is 0 Å². The molecule has 0 atom stereocenters. The van der Waals surface area contributed by atoms with Crippen LogP contribution in [-0.4, -0.2) is 0 Å². The first kappa shape index (κ1) is 25.0. The SMILES string of the molecule is [Cl-].[Cl-].[Zr+2][c]1c(-c2cccc3ccccc23)ccc2c1Cc1cc(-c3cccc4ccccc34)ccc1-2. The molecule has 0 aliphatic heterocycles. The molecule has 0 spiro atoms. The van der Waals surface area contributed by atoms with E-state index in [1.165, 1.54) is 94.0 Å². The molecule has 0 nitrogen and oxygen atoms in total. The molecule has 0 saturated heterocycles. The van der Waals surface area contributed by atoms with E-state index < -0.39 is 0 Å². The summed E-state index contributed by atoms with van der Waals surface area (Å²) in [6, 6.07) is 42.5. The van der Waals surface area contributed by atoms with Gasteiger partial charge in [-0.05, 0) is 0 Å². The van der Waals surface area contributed by atoms with Gasteiger partial charge in [0.1, 0.15) is 0 Å². The van der Waals surface area contributed by atoms with Gasteiger partial charge >= 0.3 is 216 Å². The second kappa shape index (κ2) is 9.99. The van der Waals surface area contributed by atoms with Gasteiger partial charge in [0.25, 0.3) is 0 Å².